The summed E-state index contributed by atoms with van der Waals surface area (Å²) in [5, 5.41) is 27.5. The van der Waals surface area contributed by atoms with E-state index in [1.54, 1.807) is 63.0 Å². The third-order valence-corrected chi connectivity index (χ3v) is 12.4. The highest BCUT2D eigenvalue weighted by Crippen LogP contribution is 2.36. The molecule has 8 aromatic rings. The summed E-state index contributed by atoms with van der Waals surface area (Å²) in [4.78, 5) is 71.9. The van der Waals surface area contributed by atoms with Crippen LogP contribution in [0.3, 0.4) is 0 Å². The Balaban J connectivity index is 0.000000245. The van der Waals surface area contributed by atoms with Crippen LogP contribution in [-0.2, 0) is 20.9 Å². The molecule has 0 radical (unpaired) electrons. The number of aromatic nitrogens is 6. The molecule has 9 rings (SSSR count). The first-order valence-corrected chi connectivity index (χ1v) is 26.2. The number of carboxylic acid groups (broad SMARTS) is 1. The van der Waals surface area contributed by atoms with Crippen molar-refractivity contribution >= 4 is 47.2 Å². The topological polar surface area (TPSA) is 243 Å². The number of halogens is 3. The first-order chi connectivity index (χ1) is 39.2. The molecule has 0 unspecified atom stereocenters. The van der Waals surface area contributed by atoms with Gasteiger partial charge in [0, 0.05) is 89.7 Å². The Morgan fingerprint density at radius 3 is 1.84 bits per heavy atom. The first-order valence-electron chi connectivity index (χ1n) is 26.2. The molecule has 1 fully saturated rings. The molecule has 1 aliphatic carbocycles. The van der Waals surface area contributed by atoms with Gasteiger partial charge in [-0.15, -0.1) is 0 Å². The van der Waals surface area contributed by atoms with Crippen molar-refractivity contribution in [2.45, 2.75) is 79.6 Å². The Hall–Kier alpha value is -9.43. The average Bonchev–Trinajstić information content (AvgIpc) is 4.40. The quantitative estimate of drug-likeness (QED) is 0.0493. The molecule has 1 saturated carbocycles. The maximum absolute atomic E-state index is 14.9. The number of nitrogens with zero attached hydrogens (tertiary/aromatic N) is 6. The number of ether oxygens (including phenoxy) is 1. The van der Waals surface area contributed by atoms with Crippen molar-refractivity contribution in [1.29, 1.82) is 0 Å². The molecule has 0 aliphatic heterocycles. The van der Waals surface area contributed by atoms with Crippen molar-refractivity contribution in [2.75, 3.05) is 41.5 Å². The van der Waals surface area contributed by atoms with Crippen molar-refractivity contribution in [3.63, 3.8) is 0 Å². The summed E-state index contributed by atoms with van der Waals surface area (Å²) in [6.07, 6.45) is 11.2. The fraction of sp³-hybridized carbons (Fsp3) is 0.258. The van der Waals surface area contributed by atoms with Crippen LogP contribution in [0.4, 0.5) is 36.2 Å². The SMILES string of the molecule is CC.CNc1cc(-c2cc(-c3cc(NC(=O)c4ccnc(C(C)(C)F)c4)ccc3C)cc(OCCO)n2)ccn1.Cc1cc(F)c(NC(=O)c2ccnc(C(C)(C)F)c2)cc1-c1cncc(-c2ccnc(NC(=O)C3CC3)c2)c1.O=CO. The number of alkyl halides is 2. The minimum absolute atomic E-state index is 0.0159. The van der Waals surface area contributed by atoms with Gasteiger partial charge in [0.25, 0.3) is 18.3 Å². The van der Waals surface area contributed by atoms with Gasteiger partial charge >= 0.3 is 0 Å². The molecule has 1 aliphatic rings. The van der Waals surface area contributed by atoms with E-state index in [2.05, 4.69) is 51.2 Å². The van der Waals surface area contributed by atoms with Crippen molar-refractivity contribution in [1.82, 2.24) is 29.9 Å². The van der Waals surface area contributed by atoms with Gasteiger partial charge in [-0.25, -0.2) is 28.1 Å². The molecule has 6 aromatic heterocycles. The van der Waals surface area contributed by atoms with E-state index in [-0.39, 0.29) is 60.1 Å². The molecule has 17 nitrogen and oxygen atoms in total. The van der Waals surface area contributed by atoms with E-state index < -0.39 is 23.1 Å². The number of aliphatic hydroxyl groups is 1. The molecular formula is C62H65F3N10O7. The molecule has 0 bridgehead atoms. The van der Waals surface area contributed by atoms with E-state index in [9.17, 15) is 32.7 Å². The van der Waals surface area contributed by atoms with Gasteiger partial charge in [0.15, 0.2) is 0 Å². The van der Waals surface area contributed by atoms with E-state index >= 15 is 0 Å². The molecule has 426 valence electrons. The molecule has 2 aromatic carbocycles. The Labute approximate surface area is 474 Å². The summed E-state index contributed by atoms with van der Waals surface area (Å²) in [6, 6.07) is 27.3. The summed E-state index contributed by atoms with van der Waals surface area (Å²) >= 11 is 0. The van der Waals surface area contributed by atoms with Crippen LogP contribution in [0.1, 0.15) is 97.6 Å². The second-order valence-corrected chi connectivity index (χ2v) is 19.5. The third kappa shape index (κ3) is 16.8. The Kier molecular flexibility index (Phi) is 21.2. The van der Waals surface area contributed by atoms with Gasteiger partial charge in [-0.1, -0.05) is 19.9 Å². The van der Waals surface area contributed by atoms with Crippen molar-refractivity contribution in [3.8, 4) is 50.5 Å². The zero-order valence-corrected chi connectivity index (χ0v) is 46.9. The van der Waals surface area contributed by atoms with E-state index in [1.807, 2.05) is 69.3 Å². The molecule has 0 atom stereocenters. The minimum atomic E-state index is -1.73. The van der Waals surface area contributed by atoms with Crippen molar-refractivity contribution in [3.05, 3.63) is 174 Å². The molecule has 82 heavy (non-hydrogen) atoms. The number of carbonyl (C=O) groups excluding carboxylic acids is 3. The fourth-order valence-corrected chi connectivity index (χ4v) is 8.04. The van der Waals surface area contributed by atoms with Crippen molar-refractivity contribution in [2.24, 2.45) is 5.92 Å². The van der Waals surface area contributed by atoms with Crippen LogP contribution in [0.15, 0.2) is 134 Å². The van der Waals surface area contributed by atoms with E-state index in [0.717, 1.165) is 46.2 Å². The van der Waals surface area contributed by atoms with Gasteiger partial charge in [-0.05, 0) is 173 Å². The van der Waals surface area contributed by atoms with Gasteiger partial charge in [-0.2, -0.15) is 0 Å². The predicted molar refractivity (Wildman–Crippen MR) is 311 cm³/mol. The van der Waals surface area contributed by atoms with Gasteiger partial charge in [-0.3, -0.25) is 34.1 Å². The minimum Gasteiger partial charge on any atom is -0.483 e. The number of benzene rings is 2. The van der Waals surface area contributed by atoms with E-state index in [0.29, 0.717) is 51.2 Å². The maximum Gasteiger partial charge on any atom is 0.290 e. The maximum atomic E-state index is 14.9. The van der Waals surface area contributed by atoms with Gasteiger partial charge in [0.1, 0.15) is 35.4 Å². The second kappa shape index (κ2) is 28.1. The Morgan fingerprint density at radius 1 is 0.659 bits per heavy atom. The molecule has 20 heteroatoms. The molecular weight excluding hydrogens is 1050 g/mol. The molecule has 6 N–H and O–H groups in total. The molecule has 0 saturated heterocycles. The van der Waals surface area contributed by atoms with Gasteiger partial charge in [0.05, 0.1) is 29.4 Å². The lowest BCUT2D eigenvalue weighted by Crippen LogP contribution is -2.17. The number of hydrogen-bond donors (Lipinski definition) is 6. The summed E-state index contributed by atoms with van der Waals surface area (Å²) in [5.74, 6) is 0.0112. The number of carbonyl (C=O) groups is 4. The van der Waals surface area contributed by atoms with Crippen LogP contribution in [0.5, 0.6) is 5.88 Å². The number of rotatable bonds is 16. The van der Waals surface area contributed by atoms with Crippen molar-refractivity contribution < 1.29 is 47.3 Å². The Morgan fingerprint density at radius 2 is 1.23 bits per heavy atom. The number of aryl methyl sites for hydroxylation is 2. The highest BCUT2D eigenvalue weighted by Gasteiger charge is 2.30. The van der Waals surface area contributed by atoms with E-state index in [4.69, 9.17) is 14.6 Å². The normalized spacial score (nSPS) is 11.7. The summed E-state index contributed by atoms with van der Waals surface area (Å²) in [6.45, 7) is 13.0. The Bertz CT molecular complexity index is 3550. The number of aliphatic hydroxyl groups excluding tert-OH is 1. The number of amides is 3. The van der Waals surface area contributed by atoms with Gasteiger partial charge in [0.2, 0.25) is 11.8 Å². The third-order valence-electron chi connectivity index (χ3n) is 12.4. The highest BCUT2D eigenvalue weighted by molar-refractivity contribution is 6.05. The van der Waals surface area contributed by atoms with Crippen LogP contribution in [0.25, 0.3) is 44.6 Å². The molecule has 0 spiro atoms. The number of hydrogen-bond acceptors (Lipinski definition) is 13. The number of nitrogens with one attached hydrogen (secondary N) is 4. The van der Waals surface area contributed by atoms with Crippen LogP contribution < -0.4 is 26.0 Å². The lowest BCUT2D eigenvalue weighted by atomic mass is 9.98. The van der Waals surface area contributed by atoms with Crippen LogP contribution in [-0.4, -0.2) is 84.6 Å². The van der Waals surface area contributed by atoms with E-state index in [1.165, 1.54) is 64.4 Å². The lowest BCUT2D eigenvalue weighted by molar-refractivity contribution is -0.123. The summed E-state index contributed by atoms with van der Waals surface area (Å²) < 4.78 is 49.2. The summed E-state index contributed by atoms with van der Waals surface area (Å²) in [5.41, 5.74) is 5.75. The smallest absolute Gasteiger partial charge is 0.290 e. The van der Waals surface area contributed by atoms with Crippen LogP contribution in [0, 0.1) is 25.6 Å². The largest absolute Gasteiger partial charge is 0.483 e. The number of anilines is 4. The molecule has 3 amide bonds. The van der Waals surface area contributed by atoms with Crippen LogP contribution in [0.2, 0.25) is 0 Å². The predicted octanol–water partition coefficient (Wildman–Crippen LogP) is 12.6. The first kappa shape index (κ1) is 61.8. The molecule has 6 heterocycles. The monoisotopic (exact) mass is 1120 g/mol. The summed E-state index contributed by atoms with van der Waals surface area (Å²) in [7, 11) is 1.79. The zero-order valence-electron chi connectivity index (χ0n) is 46.9. The average molecular weight is 1120 g/mol. The fourth-order valence-electron chi connectivity index (χ4n) is 8.04. The standard InChI is InChI=1S/C30H27F2N5O2.C29H30FN5O3.C2H6.CH2O2/c1-17-10-24(31)25(36-29(39)20-7-8-34-26(12-20)30(2,3)32)14-23(17)22-11-21(15-33-16-22)19-6-9-35-27(13-19)37-28(38)18-4-5-18;1-18-5-6-22(34-28(37)20-8-9-32-25(14-20)29(2,3)30)17-23(18)21-13-24(35-27(16-21)38-12-11-36)19-7-10-33-26(15-19)31-4;1-2;2-1-3/h6-16,18H,4-5H2,1-3H3,(H,36,39)(H,35,37,38);5-10,13-17,36H,11-12H2,1-4H3,(H,31,33)(H,34,37);1-2H3;1H,(H,2,3). The second-order valence-electron chi connectivity index (χ2n) is 19.5. The van der Waals surface area contributed by atoms with Crippen LogP contribution >= 0.6 is 0 Å². The zero-order chi connectivity index (χ0) is 59.7. The van der Waals surface area contributed by atoms with Gasteiger partial charge < -0.3 is 36.2 Å². The lowest BCUT2D eigenvalue weighted by Gasteiger charge is -2.15. The number of pyridine rings is 6. The highest BCUT2D eigenvalue weighted by atomic mass is 19.1.